The van der Waals surface area contributed by atoms with Gasteiger partial charge in [0, 0.05) is 16.1 Å². The van der Waals surface area contributed by atoms with Crippen molar-refractivity contribution in [3.8, 4) is 0 Å². The highest BCUT2D eigenvalue weighted by molar-refractivity contribution is 6.35. The van der Waals surface area contributed by atoms with Crippen LogP contribution >= 0.6 is 23.2 Å². The second-order valence-electron chi connectivity index (χ2n) is 4.19. The van der Waals surface area contributed by atoms with Crippen molar-refractivity contribution in [2.45, 2.75) is 32.7 Å². The molecule has 90 valence electrons. The summed E-state index contributed by atoms with van der Waals surface area (Å²) in [7, 11) is 2.00. The highest BCUT2D eigenvalue weighted by atomic mass is 35.5. The fourth-order valence-electron chi connectivity index (χ4n) is 1.88. The predicted octanol–water partition coefficient (Wildman–Crippen LogP) is 4.17. The van der Waals surface area contributed by atoms with Crippen molar-refractivity contribution in [2.75, 3.05) is 7.05 Å². The van der Waals surface area contributed by atoms with Gasteiger partial charge in [0.15, 0.2) is 0 Å². The van der Waals surface area contributed by atoms with E-state index < -0.39 is 0 Å². The Hall–Kier alpha value is -0.240. The fraction of sp³-hybridized carbons (Fsp3) is 0.538. The molecule has 2 atom stereocenters. The first-order chi connectivity index (χ1) is 7.58. The van der Waals surface area contributed by atoms with Crippen molar-refractivity contribution in [1.82, 2.24) is 5.32 Å². The summed E-state index contributed by atoms with van der Waals surface area (Å²) in [6.07, 6.45) is 2.13. The molecule has 0 fully saturated rings. The number of nitrogens with one attached hydrogen (secondary N) is 1. The lowest BCUT2D eigenvalue weighted by molar-refractivity contribution is 0.381. The molecule has 2 unspecified atom stereocenters. The molecular weight excluding hydrogens is 241 g/mol. The van der Waals surface area contributed by atoms with Gasteiger partial charge in [0.2, 0.25) is 0 Å². The highest BCUT2D eigenvalue weighted by Crippen LogP contribution is 2.25. The van der Waals surface area contributed by atoms with Crippen LogP contribution in [0.5, 0.6) is 0 Å². The molecule has 0 saturated heterocycles. The monoisotopic (exact) mass is 259 g/mol. The zero-order valence-corrected chi connectivity index (χ0v) is 11.6. The maximum atomic E-state index is 6.17. The van der Waals surface area contributed by atoms with Crippen LogP contribution in [0.4, 0.5) is 0 Å². The normalized spacial score (nSPS) is 14.8. The van der Waals surface area contributed by atoms with E-state index in [2.05, 4.69) is 19.2 Å². The number of rotatable bonds is 5. The fourth-order valence-corrected chi connectivity index (χ4v) is 2.37. The molecule has 0 aromatic heterocycles. The number of hydrogen-bond acceptors (Lipinski definition) is 1. The van der Waals surface area contributed by atoms with Crippen LogP contribution in [0.3, 0.4) is 0 Å². The van der Waals surface area contributed by atoms with Crippen LogP contribution in [0.15, 0.2) is 18.2 Å². The molecule has 1 nitrogen and oxygen atoms in total. The SMILES string of the molecule is CCC(Cc1ccc(Cl)cc1Cl)C(C)NC. The number of benzene rings is 1. The van der Waals surface area contributed by atoms with Crippen molar-refractivity contribution in [1.29, 1.82) is 0 Å². The van der Waals surface area contributed by atoms with Gasteiger partial charge in [-0.2, -0.15) is 0 Å². The predicted molar refractivity (Wildman–Crippen MR) is 72.5 cm³/mol. The van der Waals surface area contributed by atoms with Crippen LogP contribution in [0.25, 0.3) is 0 Å². The first-order valence-electron chi connectivity index (χ1n) is 5.69. The quantitative estimate of drug-likeness (QED) is 0.837. The Morgan fingerprint density at radius 1 is 1.31 bits per heavy atom. The molecule has 16 heavy (non-hydrogen) atoms. The Kier molecular flexibility index (Phi) is 5.60. The molecule has 3 heteroatoms. The Morgan fingerprint density at radius 3 is 2.50 bits per heavy atom. The number of hydrogen-bond donors (Lipinski definition) is 1. The van der Waals surface area contributed by atoms with Gasteiger partial charge in [-0.05, 0) is 44.0 Å². The van der Waals surface area contributed by atoms with Gasteiger partial charge in [-0.15, -0.1) is 0 Å². The molecule has 0 aliphatic heterocycles. The largest absolute Gasteiger partial charge is 0.317 e. The van der Waals surface area contributed by atoms with Gasteiger partial charge in [-0.25, -0.2) is 0 Å². The topological polar surface area (TPSA) is 12.0 Å². The summed E-state index contributed by atoms with van der Waals surface area (Å²) >= 11 is 12.1. The Balaban J connectivity index is 2.78. The van der Waals surface area contributed by atoms with Gasteiger partial charge in [0.05, 0.1) is 0 Å². The molecular formula is C13H19Cl2N. The van der Waals surface area contributed by atoms with Crippen molar-refractivity contribution < 1.29 is 0 Å². The summed E-state index contributed by atoms with van der Waals surface area (Å²) in [5.74, 6) is 0.601. The first kappa shape index (κ1) is 13.8. The molecule has 1 N–H and O–H groups in total. The Morgan fingerprint density at radius 2 is 2.00 bits per heavy atom. The van der Waals surface area contributed by atoms with Gasteiger partial charge < -0.3 is 5.32 Å². The summed E-state index contributed by atoms with van der Waals surface area (Å²) in [5.41, 5.74) is 1.18. The smallest absolute Gasteiger partial charge is 0.0452 e. The third kappa shape index (κ3) is 3.65. The molecule has 1 aromatic rings. The van der Waals surface area contributed by atoms with Crippen molar-refractivity contribution >= 4 is 23.2 Å². The molecule has 0 bridgehead atoms. The maximum Gasteiger partial charge on any atom is 0.0452 e. The molecule has 0 radical (unpaired) electrons. The maximum absolute atomic E-state index is 6.17. The van der Waals surface area contributed by atoms with Gasteiger partial charge in [0.25, 0.3) is 0 Å². The van der Waals surface area contributed by atoms with Crippen LogP contribution in [0.2, 0.25) is 10.0 Å². The lowest BCUT2D eigenvalue weighted by atomic mass is 9.91. The minimum Gasteiger partial charge on any atom is -0.317 e. The molecule has 0 heterocycles. The Bertz CT molecular complexity index is 339. The van der Waals surface area contributed by atoms with E-state index in [0.717, 1.165) is 17.9 Å². The molecule has 0 aliphatic rings. The molecule has 0 saturated carbocycles. The number of halogens is 2. The Labute approximate surface area is 108 Å². The van der Waals surface area contributed by atoms with Gasteiger partial charge >= 0.3 is 0 Å². The summed E-state index contributed by atoms with van der Waals surface area (Å²) in [4.78, 5) is 0. The minimum absolute atomic E-state index is 0.497. The highest BCUT2D eigenvalue weighted by Gasteiger charge is 2.15. The van der Waals surface area contributed by atoms with Crippen LogP contribution in [-0.2, 0) is 6.42 Å². The van der Waals surface area contributed by atoms with E-state index in [1.165, 1.54) is 5.56 Å². The van der Waals surface area contributed by atoms with Crippen LogP contribution in [0.1, 0.15) is 25.8 Å². The minimum atomic E-state index is 0.497. The summed E-state index contributed by atoms with van der Waals surface area (Å²) in [6.45, 7) is 4.42. The first-order valence-corrected chi connectivity index (χ1v) is 6.45. The van der Waals surface area contributed by atoms with E-state index in [4.69, 9.17) is 23.2 Å². The van der Waals surface area contributed by atoms with E-state index in [1.54, 1.807) is 0 Å². The van der Waals surface area contributed by atoms with Crippen LogP contribution < -0.4 is 5.32 Å². The van der Waals surface area contributed by atoms with E-state index in [0.29, 0.717) is 17.0 Å². The molecule has 0 aliphatic carbocycles. The van der Waals surface area contributed by atoms with Crippen molar-refractivity contribution in [3.63, 3.8) is 0 Å². The third-order valence-corrected chi connectivity index (χ3v) is 3.77. The van der Waals surface area contributed by atoms with E-state index >= 15 is 0 Å². The van der Waals surface area contributed by atoms with Crippen molar-refractivity contribution in [3.05, 3.63) is 33.8 Å². The second kappa shape index (κ2) is 6.48. The van der Waals surface area contributed by atoms with Gasteiger partial charge in [-0.1, -0.05) is 42.6 Å². The molecule has 1 aromatic carbocycles. The average molecular weight is 260 g/mol. The third-order valence-electron chi connectivity index (χ3n) is 3.18. The summed E-state index contributed by atoms with van der Waals surface area (Å²) in [6, 6.07) is 6.24. The van der Waals surface area contributed by atoms with Crippen LogP contribution in [0, 0.1) is 5.92 Å². The van der Waals surface area contributed by atoms with Gasteiger partial charge in [-0.3, -0.25) is 0 Å². The lowest BCUT2D eigenvalue weighted by Crippen LogP contribution is -2.31. The van der Waals surface area contributed by atoms with E-state index in [1.807, 2.05) is 25.2 Å². The van der Waals surface area contributed by atoms with Gasteiger partial charge in [0.1, 0.15) is 0 Å². The lowest BCUT2D eigenvalue weighted by Gasteiger charge is -2.22. The second-order valence-corrected chi connectivity index (χ2v) is 5.03. The molecule has 0 amide bonds. The summed E-state index contributed by atoms with van der Waals surface area (Å²) < 4.78 is 0. The van der Waals surface area contributed by atoms with Crippen molar-refractivity contribution in [2.24, 2.45) is 5.92 Å². The zero-order chi connectivity index (χ0) is 12.1. The average Bonchev–Trinajstić information content (AvgIpc) is 2.27. The summed E-state index contributed by atoms with van der Waals surface area (Å²) in [5, 5.41) is 4.77. The zero-order valence-electron chi connectivity index (χ0n) is 10.1. The van der Waals surface area contributed by atoms with Crippen LogP contribution in [-0.4, -0.2) is 13.1 Å². The molecule has 1 rings (SSSR count). The van der Waals surface area contributed by atoms with E-state index in [-0.39, 0.29) is 0 Å². The van der Waals surface area contributed by atoms with E-state index in [9.17, 15) is 0 Å². The standard InChI is InChI=1S/C13H19Cl2N/c1-4-10(9(2)16-3)7-11-5-6-12(14)8-13(11)15/h5-6,8-10,16H,4,7H2,1-3H3. The molecule has 0 spiro atoms.